The fourth-order valence-corrected chi connectivity index (χ4v) is 2.16. The molecule has 3 nitrogen and oxygen atoms in total. The summed E-state index contributed by atoms with van der Waals surface area (Å²) in [4.78, 5) is 0. The van der Waals surface area contributed by atoms with Crippen molar-refractivity contribution < 1.29 is 9.15 Å². The quantitative estimate of drug-likeness (QED) is 0.833. The molecule has 1 fully saturated rings. The lowest BCUT2D eigenvalue weighted by Gasteiger charge is -2.23. The van der Waals surface area contributed by atoms with Crippen molar-refractivity contribution in [3.63, 3.8) is 0 Å². The maximum absolute atomic E-state index is 5.76. The molecule has 0 saturated carbocycles. The molecule has 2 rings (SSSR count). The average molecular weight is 223 g/mol. The summed E-state index contributed by atoms with van der Waals surface area (Å²) in [6, 6.07) is 4.51. The van der Waals surface area contributed by atoms with Crippen molar-refractivity contribution in [3.8, 4) is 0 Å². The molecule has 0 amide bonds. The summed E-state index contributed by atoms with van der Waals surface area (Å²) in [7, 11) is 0. The van der Waals surface area contributed by atoms with Gasteiger partial charge in [-0.25, -0.2) is 0 Å². The van der Waals surface area contributed by atoms with Crippen LogP contribution in [0.4, 0.5) is 0 Å². The summed E-state index contributed by atoms with van der Waals surface area (Å²) >= 11 is 0. The summed E-state index contributed by atoms with van der Waals surface area (Å²) in [5.41, 5.74) is 0. The molecule has 2 heterocycles. The van der Waals surface area contributed by atoms with E-state index in [-0.39, 0.29) is 6.10 Å². The number of hydrogen-bond donors (Lipinski definition) is 1. The molecule has 0 aliphatic carbocycles. The maximum Gasteiger partial charge on any atom is 0.132 e. The minimum atomic E-state index is 0.0681. The molecule has 1 N–H and O–H groups in total. The van der Waals surface area contributed by atoms with Gasteiger partial charge < -0.3 is 14.5 Å². The topological polar surface area (TPSA) is 34.4 Å². The van der Waals surface area contributed by atoms with Gasteiger partial charge in [-0.15, -0.1) is 0 Å². The van der Waals surface area contributed by atoms with Crippen LogP contribution >= 0.6 is 0 Å². The van der Waals surface area contributed by atoms with E-state index in [1.54, 1.807) is 6.26 Å². The fraction of sp³-hybridized carbons (Fsp3) is 0.692. The zero-order valence-corrected chi connectivity index (χ0v) is 9.95. The average Bonchev–Trinajstić information content (AvgIpc) is 2.84. The van der Waals surface area contributed by atoms with Crippen LogP contribution in [0.2, 0.25) is 0 Å². The van der Waals surface area contributed by atoms with E-state index in [1.165, 1.54) is 25.8 Å². The second kappa shape index (κ2) is 6.06. The van der Waals surface area contributed by atoms with E-state index in [1.807, 2.05) is 19.1 Å². The van der Waals surface area contributed by atoms with Gasteiger partial charge in [0.25, 0.3) is 0 Å². The zero-order chi connectivity index (χ0) is 11.2. The first-order valence-electron chi connectivity index (χ1n) is 6.24. The Balaban J connectivity index is 1.63. The lowest BCUT2D eigenvalue weighted by atomic mass is 10.0. The standard InChI is InChI=1S/C13H21NO2/c1-11(13-6-4-9-16-13)15-10-7-12-5-2-3-8-14-12/h4,6,9,11-12,14H,2-3,5,7-8,10H2,1H3/t11-,12+/m0/s1. The number of piperidine rings is 1. The van der Waals surface area contributed by atoms with Crippen molar-refractivity contribution in [1.82, 2.24) is 5.32 Å². The summed E-state index contributed by atoms with van der Waals surface area (Å²) < 4.78 is 11.1. The molecule has 0 aromatic carbocycles. The van der Waals surface area contributed by atoms with Crippen LogP contribution in [0.5, 0.6) is 0 Å². The van der Waals surface area contributed by atoms with Crippen LogP contribution in [0, 0.1) is 0 Å². The molecule has 2 atom stereocenters. The second-order valence-corrected chi connectivity index (χ2v) is 4.46. The SMILES string of the molecule is C[C@H](OCC[C@H]1CCCCN1)c1ccco1. The molecule has 1 aliphatic rings. The summed E-state index contributed by atoms with van der Waals surface area (Å²) in [6.07, 6.45) is 6.83. The van der Waals surface area contributed by atoms with Crippen molar-refractivity contribution in [1.29, 1.82) is 0 Å². The molecule has 1 aliphatic heterocycles. The van der Waals surface area contributed by atoms with Crippen molar-refractivity contribution in [2.45, 2.75) is 44.8 Å². The number of hydrogen-bond acceptors (Lipinski definition) is 3. The minimum Gasteiger partial charge on any atom is -0.467 e. The Morgan fingerprint density at radius 2 is 2.50 bits per heavy atom. The van der Waals surface area contributed by atoms with Gasteiger partial charge in [0.1, 0.15) is 11.9 Å². The molecular formula is C13H21NO2. The predicted molar refractivity (Wildman–Crippen MR) is 63.3 cm³/mol. The van der Waals surface area contributed by atoms with Gasteiger partial charge in [0.05, 0.1) is 6.26 Å². The van der Waals surface area contributed by atoms with E-state index in [0.29, 0.717) is 6.04 Å². The maximum atomic E-state index is 5.76. The predicted octanol–water partition coefficient (Wildman–Crippen LogP) is 2.89. The highest BCUT2D eigenvalue weighted by atomic mass is 16.5. The zero-order valence-electron chi connectivity index (χ0n) is 9.95. The van der Waals surface area contributed by atoms with E-state index in [2.05, 4.69) is 5.32 Å². The van der Waals surface area contributed by atoms with Gasteiger partial charge in [0.15, 0.2) is 0 Å². The molecular weight excluding hydrogens is 202 g/mol. The van der Waals surface area contributed by atoms with Crippen molar-refractivity contribution in [2.24, 2.45) is 0 Å². The lowest BCUT2D eigenvalue weighted by molar-refractivity contribution is 0.0433. The Bertz CT molecular complexity index is 278. The number of furan rings is 1. The third kappa shape index (κ3) is 3.35. The van der Waals surface area contributed by atoms with E-state index in [9.17, 15) is 0 Å². The third-order valence-electron chi connectivity index (χ3n) is 3.19. The number of ether oxygens (including phenoxy) is 1. The van der Waals surface area contributed by atoms with E-state index >= 15 is 0 Å². The van der Waals surface area contributed by atoms with Gasteiger partial charge in [0, 0.05) is 12.6 Å². The van der Waals surface area contributed by atoms with E-state index < -0.39 is 0 Å². The highest BCUT2D eigenvalue weighted by Crippen LogP contribution is 2.18. The molecule has 1 saturated heterocycles. The largest absolute Gasteiger partial charge is 0.467 e. The second-order valence-electron chi connectivity index (χ2n) is 4.46. The molecule has 0 spiro atoms. The van der Waals surface area contributed by atoms with Crippen LogP contribution in [-0.4, -0.2) is 19.2 Å². The first-order chi connectivity index (χ1) is 7.86. The van der Waals surface area contributed by atoms with Gasteiger partial charge in [-0.1, -0.05) is 6.42 Å². The molecule has 16 heavy (non-hydrogen) atoms. The van der Waals surface area contributed by atoms with Crippen molar-refractivity contribution in [2.75, 3.05) is 13.2 Å². The normalized spacial score (nSPS) is 23.2. The van der Waals surface area contributed by atoms with Crippen molar-refractivity contribution >= 4 is 0 Å². The Hall–Kier alpha value is -0.800. The molecule has 0 unspecified atom stereocenters. The molecule has 0 radical (unpaired) electrons. The number of nitrogens with one attached hydrogen (secondary N) is 1. The van der Waals surface area contributed by atoms with Crippen LogP contribution in [0.15, 0.2) is 22.8 Å². The van der Waals surface area contributed by atoms with E-state index in [0.717, 1.165) is 18.8 Å². The highest BCUT2D eigenvalue weighted by molar-refractivity contribution is 5.00. The first-order valence-corrected chi connectivity index (χ1v) is 6.24. The van der Waals surface area contributed by atoms with Gasteiger partial charge in [-0.2, -0.15) is 0 Å². The van der Waals surface area contributed by atoms with Crippen LogP contribution < -0.4 is 5.32 Å². The molecule has 1 aromatic heterocycles. The monoisotopic (exact) mass is 223 g/mol. The van der Waals surface area contributed by atoms with Gasteiger partial charge in [-0.05, 0) is 44.9 Å². The van der Waals surface area contributed by atoms with Crippen LogP contribution in [-0.2, 0) is 4.74 Å². The van der Waals surface area contributed by atoms with Crippen molar-refractivity contribution in [3.05, 3.63) is 24.2 Å². The molecule has 0 bridgehead atoms. The molecule has 90 valence electrons. The summed E-state index contributed by atoms with van der Waals surface area (Å²) in [5.74, 6) is 0.914. The Morgan fingerprint density at radius 3 is 3.19 bits per heavy atom. The summed E-state index contributed by atoms with van der Waals surface area (Å²) in [5, 5.41) is 3.52. The molecule has 1 aromatic rings. The van der Waals surface area contributed by atoms with Crippen LogP contribution in [0.25, 0.3) is 0 Å². The number of rotatable bonds is 5. The van der Waals surface area contributed by atoms with Gasteiger partial charge >= 0.3 is 0 Å². The van der Waals surface area contributed by atoms with Crippen LogP contribution in [0.3, 0.4) is 0 Å². The smallest absolute Gasteiger partial charge is 0.132 e. The Morgan fingerprint density at radius 1 is 1.56 bits per heavy atom. The summed E-state index contributed by atoms with van der Waals surface area (Å²) in [6.45, 7) is 4.01. The third-order valence-corrected chi connectivity index (χ3v) is 3.19. The Labute approximate surface area is 97.2 Å². The van der Waals surface area contributed by atoms with Gasteiger partial charge in [0.2, 0.25) is 0 Å². The van der Waals surface area contributed by atoms with E-state index in [4.69, 9.17) is 9.15 Å². The molecule has 3 heteroatoms. The van der Waals surface area contributed by atoms with Gasteiger partial charge in [-0.3, -0.25) is 0 Å². The first kappa shape index (κ1) is 11.7. The van der Waals surface area contributed by atoms with Crippen LogP contribution in [0.1, 0.15) is 44.5 Å². The fourth-order valence-electron chi connectivity index (χ4n) is 2.16. The lowest BCUT2D eigenvalue weighted by Crippen LogP contribution is -2.34. The minimum absolute atomic E-state index is 0.0681. The highest BCUT2D eigenvalue weighted by Gasteiger charge is 2.13. The Kier molecular flexibility index (Phi) is 4.43.